The van der Waals surface area contributed by atoms with Gasteiger partial charge in [0.1, 0.15) is 5.75 Å². The van der Waals surface area contributed by atoms with Gasteiger partial charge in [-0.3, -0.25) is 4.79 Å². The number of phenolic OH excluding ortho intramolecular Hbond substituents is 1. The third-order valence-corrected chi connectivity index (χ3v) is 6.35. The zero-order valence-electron chi connectivity index (χ0n) is 17.0. The Balaban J connectivity index is 1.46. The second-order valence-electron chi connectivity index (χ2n) is 8.11. The first-order valence-electron chi connectivity index (χ1n) is 10.2. The predicted octanol–water partition coefficient (Wildman–Crippen LogP) is 3.65. The number of aliphatic hydroxyl groups excluding tert-OH is 1. The van der Waals surface area contributed by atoms with E-state index in [0.29, 0.717) is 25.1 Å². The molecule has 29 heavy (non-hydrogen) atoms. The van der Waals surface area contributed by atoms with Gasteiger partial charge in [0.25, 0.3) is 5.91 Å². The van der Waals surface area contributed by atoms with Crippen molar-refractivity contribution < 1.29 is 15.0 Å². The first-order chi connectivity index (χ1) is 14.0. The summed E-state index contributed by atoms with van der Waals surface area (Å²) in [5, 5.41) is 21.3. The molecule has 152 valence electrons. The Morgan fingerprint density at radius 1 is 1.14 bits per heavy atom. The summed E-state index contributed by atoms with van der Waals surface area (Å²) in [6, 6.07) is 15.2. The van der Waals surface area contributed by atoms with Crippen LogP contribution in [0.2, 0.25) is 0 Å². The minimum Gasteiger partial charge on any atom is -0.508 e. The molecule has 2 aromatic carbocycles. The topological polar surface area (TPSA) is 65.7 Å². The van der Waals surface area contributed by atoms with Crippen LogP contribution in [0.3, 0.4) is 0 Å². The highest BCUT2D eigenvalue weighted by Gasteiger charge is 2.30. The summed E-state index contributed by atoms with van der Waals surface area (Å²) in [6.45, 7) is 3.23. The Hall–Kier alpha value is -2.79. The van der Waals surface area contributed by atoms with Crippen LogP contribution < -0.4 is 0 Å². The van der Waals surface area contributed by atoms with E-state index in [1.807, 2.05) is 59.8 Å². The van der Waals surface area contributed by atoms with Crippen LogP contribution in [0.15, 0.2) is 48.5 Å². The number of carbonyl (C=O) groups excluding carboxylic acids is 1. The maximum atomic E-state index is 13.3. The van der Waals surface area contributed by atoms with E-state index in [1.165, 1.54) is 0 Å². The predicted molar refractivity (Wildman–Crippen MR) is 114 cm³/mol. The standard InChI is InChI=1S/C24H28N2O3/c1-16-23(20-15-19(27)8-9-21(20)25(16)2)24(29)26-12-10-18(11-13-26)22(28)14-17-6-4-3-5-7-17/h3-9,15,18,22,27-28H,10-14H2,1-2H3/t22-/m1/s1. The summed E-state index contributed by atoms with van der Waals surface area (Å²) < 4.78 is 2.00. The van der Waals surface area contributed by atoms with E-state index in [0.717, 1.165) is 35.0 Å². The number of likely N-dealkylation sites (tertiary alicyclic amines) is 1. The van der Waals surface area contributed by atoms with E-state index >= 15 is 0 Å². The molecule has 1 aliphatic heterocycles. The maximum Gasteiger partial charge on any atom is 0.256 e. The number of aromatic nitrogens is 1. The van der Waals surface area contributed by atoms with Crippen LogP contribution in [0.25, 0.3) is 10.9 Å². The molecule has 2 heterocycles. The summed E-state index contributed by atoms with van der Waals surface area (Å²) in [4.78, 5) is 15.2. The molecule has 0 radical (unpaired) electrons. The molecule has 5 heteroatoms. The number of hydrogen-bond acceptors (Lipinski definition) is 3. The Kier molecular flexibility index (Phi) is 5.33. The average Bonchev–Trinajstić information content (AvgIpc) is 2.98. The number of benzene rings is 2. The van der Waals surface area contributed by atoms with Gasteiger partial charge in [-0.05, 0) is 55.9 Å². The smallest absolute Gasteiger partial charge is 0.256 e. The maximum absolute atomic E-state index is 13.3. The quantitative estimate of drug-likeness (QED) is 0.712. The van der Waals surface area contributed by atoms with E-state index in [1.54, 1.807) is 12.1 Å². The van der Waals surface area contributed by atoms with E-state index in [2.05, 4.69) is 0 Å². The fourth-order valence-electron chi connectivity index (χ4n) is 4.50. The zero-order chi connectivity index (χ0) is 20.5. The number of amides is 1. The number of aryl methyl sites for hydroxylation is 1. The summed E-state index contributed by atoms with van der Waals surface area (Å²) in [5.74, 6) is 0.381. The van der Waals surface area contributed by atoms with Crippen LogP contribution >= 0.6 is 0 Å². The van der Waals surface area contributed by atoms with Gasteiger partial charge >= 0.3 is 0 Å². The van der Waals surface area contributed by atoms with E-state index in [4.69, 9.17) is 0 Å². The van der Waals surface area contributed by atoms with Crippen molar-refractivity contribution in [2.24, 2.45) is 13.0 Å². The number of nitrogens with zero attached hydrogens (tertiary/aromatic N) is 2. The molecular weight excluding hydrogens is 364 g/mol. The third-order valence-electron chi connectivity index (χ3n) is 6.35. The van der Waals surface area contributed by atoms with Crippen molar-refractivity contribution >= 4 is 16.8 Å². The number of phenols is 1. The first kappa shape index (κ1) is 19.5. The van der Waals surface area contributed by atoms with Crippen LogP contribution in [-0.4, -0.2) is 44.8 Å². The van der Waals surface area contributed by atoms with Crippen LogP contribution in [0.1, 0.15) is 34.5 Å². The zero-order valence-corrected chi connectivity index (χ0v) is 17.0. The summed E-state index contributed by atoms with van der Waals surface area (Å²) in [7, 11) is 1.94. The van der Waals surface area contributed by atoms with Gasteiger partial charge in [0.05, 0.1) is 11.7 Å². The number of aliphatic hydroxyl groups is 1. The third kappa shape index (κ3) is 3.75. The molecule has 0 aliphatic carbocycles. The second-order valence-corrected chi connectivity index (χ2v) is 8.11. The molecule has 0 unspecified atom stereocenters. The van der Waals surface area contributed by atoms with Gasteiger partial charge in [-0.25, -0.2) is 0 Å². The molecule has 1 saturated heterocycles. The summed E-state index contributed by atoms with van der Waals surface area (Å²) >= 11 is 0. The fourth-order valence-corrected chi connectivity index (χ4v) is 4.50. The lowest BCUT2D eigenvalue weighted by Gasteiger charge is -2.34. The number of rotatable bonds is 4. The molecule has 0 bridgehead atoms. The van der Waals surface area contributed by atoms with Crippen molar-refractivity contribution in [3.05, 3.63) is 65.4 Å². The van der Waals surface area contributed by atoms with Crippen LogP contribution in [-0.2, 0) is 13.5 Å². The highest BCUT2D eigenvalue weighted by Crippen LogP contribution is 2.31. The Morgan fingerprint density at radius 2 is 1.83 bits per heavy atom. The fraction of sp³-hybridized carbons (Fsp3) is 0.375. The molecule has 1 aromatic heterocycles. The molecular formula is C24H28N2O3. The van der Waals surface area contributed by atoms with Gasteiger partial charge in [-0.2, -0.15) is 0 Å². The van der Waals surface area contributed by atoms with Crippen LogP contribution in [0.4, 0.5) is 0 Å². The summed E-state index contributed by atoms with van der Waals surface area (Å²) in [6.07, 6.45) is 1.87. The number of carbonyl (C=O) groups is 1. The van der Waals surface area contributed by atoms with Gasteiger partial charge in [0.2, 0.25) is 0 Å². The van der Waals surface area contributed by atoms with Crippen molar-refractivity contribution in [3.8, 4) is 5.75 Å². The van der Waals surface area contributed by atoms with Gasteiger partial charge in [0, 0.05) is 36.7 Å². The molecule has 0 saturated carbocycles. The van der Waals surface area contributed by atoms with E-state index in [-0.39, 0.29) is 23.7 Å². The second kappa shape index (κ2) is 7.91. The minimum atomic E-state index is -0.383. The molecule has 2 N–H and O–H groups in total. The molecule has 1 amide bonds. The Labute approximate surface area is 171 Å². The van der Waals surface area contributed by atoms with Gasteiger partial charge in [-0.15, -0.1) is 0 Å². The van der Waals surface area contributed by atoms with E-state index < -0.39 is 0 Å². The largest absolute Gasteiger partial charge is 0.508 e. The first-order valence-corrected chi connectivity index (χ1v) is 10.2. The Bertz CT molecular complexity index is 1020. The molecule has 3 aromatic rings. The molecule has 1 aliphatic rings. The molecule has 0 spiro atoms. The molecule has 1 atom stereocenters. The van der Waals surface area contributed by atoms with Crippen LogP contribution in [0.5, 0.6) is 5.75 Å². The van der Waals surface area contributed by atoms with Crippen LogP contribution in [0, 0.1) is 12.8 Å². The highest BCUT2D eigenvalue weighted by molar-refractivity contribution is 6.08. The van der Waals surface area contributed by atoms with Gasteiger partial charge in [-0.1, -0.05) is 30.3 Å². The number of hydrogen-bond donors (Lipinski definition) is 2. The number of piperidine rings is 1. The van der Waals surface area contributed by atoms with Crippen molar-refractivity contribution in [1.29, 1.82) is 0 Å². The van der Waals surface area contributed by atoms with Gasteiger partial charge < -0.3 is 19.7 Å². The summed E-state index contributed by atoms with van der Waals surface area (Å²) in [5.41, 5.74) is 3.66. The number of fused-ring (bicyclic) bond motifs is 1. The SMILES string of the molecule is Cc1c(C(=O)N2CCC([C@H](O)Cc3ccccc3)CC2)c2cc(O)ccc2n1C. The lowest BCUT2D eigenvalue weighted by molar-refractivity contribution is 0.0468. The normalized spacial score (nSPS) is 16.3. The molecule has 5 nitrogen and oxygen atoms in total. The van der Waals surface area contributed by atoms with Crippen molar-refractivity contribution in [1.82, 2.24) is 9.47 Å². The monoisotopic (exact) mass is 392 g/mol. The van der Waals surface area contributed by atoms with E-state index in [9.17, 15) is 15.0 Å². The lowest BCUT2D eigenvalue weighted by Crippen LogP contribution is -2.41. The highest BCUT2D eigenvalue weighted by atomic mass is 16.3. The Morgan fingerprint density at radius 3 is 2.52 bits per heavy atom. The van der Waals surface area contributed by atoms with Crippen molar-refractivity contribution in [2.45, 2.75) is 32.3 Å². The average molecular weight is 392 g/mol. The minimum absolute atomic E-state index is 0.00898. The lowest BCUT2D eigenvalue weighted by atomic mass is 9.87. The number of aromatic hydroxyl groups is 1. The van der Waals surface area contributed by atoms with Crippen molar-refractivity contribution in [2.75, 3.05) is 13.1 Å². The van der Waals surface area contributed by atoms with Gasteiger partial charge in [0.15, 0.2) is 0 Å². The van der Waals surface area contributed by atoms with Crippen molar-refractivity contribution in [3.63, 3.8) is 0 Å². The molecule has 1 fully saturated rings. The molecule has 4 rings (SSSR count).